The number of hydrogen-bond donors (Lipinski definition) is 2. The molecule has 0 radical (unpaired) electrons. The standard InChI is InChI=1S/C13H29O2PS2/c1-2-3-4-5-6-7-8-9-10-11-12-13-15-16(14,17)18/h2-13H2,1H3,(H2,14,17,18). The topological polar surface area (TPSA) is 29.5 Å². The van der Waals surface area contributed by atoms with Gasteiger partial charge in [0.1, 0.15) is 0 Å². The predicted molar refractivity (Wildman–Crippen MR) is 87.9 cm³/mol. The summed E-state index contributed by atoms with van der Waals surface area (Å²) in [5.74, 6) is 0. The van der Waals surface area contributed by atoms with Gasteiger partial charge in [0.2, 0.25) is 5.69 Å². The van der Waals surface area contributed by atoms with Gasteiger partial charge in [0.05, 0.1) is 6.61 Å². The van der Waals surface area contributed by atoms with Crippen LogP contribution in [0.15, 0.2) is 0 Å². The van der Waals surface area contributed by atoms with Crippen molar-refractivity contribution < 1.29 is 9.42 Å². The Morgan fingerprint density at radius 3 is 1.67 bits per heavy atom. The van der Waals surface area contributed by atoms with E-state index in [1.807, 2.05) is 0 Å². The third-order valence-corrected chi connectivity index (χ3v) is 4.19. The van der Waals surface area contributed by atoms with Gasteiger partial charge in [-0.3, -0.25) is 0 Å². The zero-order chi connectivity index (χ0) is 13.7. The molecule has 0 spiro atoms. The van der Waals surface area contributed by atoms with E-state index in [2.05, 4.69) is 31.0 Å². The predicted octanol–water partition coefficient (Wildman–Crippen LogP) is 5.46. The zero-order valence-electron chi connectivity index (χ0n) is 11.6. The molecule has 0 saturated heterocycles. The Kier molecular flexibility index (Phi) is 13.6. The van der Waals surface area contributed by atoms with Gasteiger partial charge in [-0.25, -0.2) is 0 Å². The Labute approximate surface area is 123 Å². The fraction of sp³-hybridized carbons (Fsp3) is 1.00. The van der Waals surface area contributed by atoms with Gasteiger partial charge in [-0.05, 0) is 18.2 Å². The SMILES string of the molecule is CCCCCCCCCCCCCOP(O)(=S)S. The molecule has 5 heteroatoms. The molecule has 0 amide bonds. The highest BCUT2D eigenvalue weighted by atomic mass is 32.9. The van der Waals surface area contributed by atoms with Gasteiger partial charge in [-0.15, -0.1) is 0 Å². The second kappa shape index (κ2) is 12.9. The largest absolute Gasteiger partial charge is 0.338 e. The molecule has 0 aromatic rings. The van der Waals surface area contributed by atoms with Crippen LogP contribution >= 0.6 is 17.9 Å². The van der Waals surface area contributed by atoms with Gasteiger partial charge in [-0.1, -0.05) is 83.4 Å². The Balaban J connectivity index is 3.01. The van der Waals surface area contributed by atoms with Crippen molar-refractivity contribution in [1.29, 1.82) is 0 Å². The second-order valence-corrected chi connectivity index (χ2v) is 10.0. The molecule has 0 heterocycles. The molecule has 0 aliphatic heterocycles. The summed E-state index contributed by atoms with van der Waals surface area (Å²) >= 11 is 8.49. The van der Waals surface area contributed by atoms with Gasteiger partial charge >= 0.3 is 0 Å². The Bertz CT molecular complexity index is 219. The van der Waals surface area contributed by atoms with Crippen molar-refractivity contribution >= 4 is 29.7 Å². The maximum absolute atomic E-state index is 9.15. The average Bonchev–Trinajstić information content (AvgIpc) is 2.29. The quantitative estimate of drug-likeness (QED) is 0.269. The van der Waals surface area contributed by atoms with E-state index >= 15 is 0 Å². The van der Waals surface area contributed by atoms with Crippen molar-refractivity contribution in [2.24, 2.45) is 0 Å². The number of thiol groups is 1. The molecule has 1 unspecified atom stereocenters. The van der Waals surface area contributed by atoms with E-state index in [1.54, 1.807) is 0 Å². The molecule has 18 heavy (non-hydrogen) atoms. The molecule has 0 aromatic heterocycles. The van der Waals surface area contributed by atoms with Crippen LogP contribution in [0.5, 0.6) is 0 Å². The van der Waals surface area contributed by atoms with Crippen LogP contribution in [0.4, 0.5) is 0 Å². The first-order chi connectivity index (χ1) is 8.56. The highest BCUT2D eigenvalue weighted by Gasteiger charge is 2.04. The van der Waals surface area contributed by atoms with Gasteiger partial charge in [0.25, 0.3) is 0 Å². The summed E-state index contributed by atoms with van der Waals surface area (Å²) in [6.45, 7) is 2.81. The van der Waals surface area contributed by atoms with Crippen molar-refractivity contribution in [1.82, 2.24) is 0 Å². The van der Waals surface area contributed by atoms with Crippen LogP contribution in [0.1, 0.15) is 77.6 Å². The molecule has 1 atom stereocenters. The maximum Gasteiger partial charge on any atom is 0.241 e. The van der Waals surface area contributed by atoms with Crippen molar-refractivity contribution in [2.45, 2.75) is 77.6 Å². The van der Waals surface area contributed by atoms with E-state index in [-0.39, 0.29) is 0 Å². The zero-order valence-corrected chi connectivity index (χ0v) is 14.2. The minimum atomic E-state index is -2.72. The summed E-state index contributed by atoms with van der Waals surface area (Å²) in [5.41, 5.74) is -2.72. The van der Waals surface area contributed by atoms with Crippen molar-refractivity contribution in [2.75, 3.05) is 6.61 Å². The van der Waals surface area contributed by atoms with Crippen LogP contribution in [0.2, 0.25) is 0 Å². The first-order valence-corrected chi connectivity index (χ1v) is 11.1. The Hall–Kier alpha value is 0.920. The van der Waals surface area contributed by atoms with Crippen LogP contribution in [-0.2, 0) is 16.3 Å². The Morgan fingerprint density at radius 2 is 1.28 bits per heavy atom. The van der Waals surface area contributed by atoms with Crippen LogP contribution in [0.25, 0.3) is 0 Å². The monoisotopic (exact) mass is 312 g/mol. The van der Waals surface area contributed by atoms with Gasteiger partial charge in [0, 0.05) is 0 Å². The summed E-state index contributed by atoms with van der Waals surface area (Å²) in [4.78, 5) is 9.15. The highest BCUT2D eigenvalue weighted by molar-refractivity contribution is 8.59. The average molecular weight is 312 g/mol. The third-order valence-electron chi connectivity index (χ3n) is 3.01. The lowest BCUT2D eigenvalue weighted by Gasteiger charge is -2.08. The molecule has 0 aliphatic rings. The summed E-state index contributed by atoms with van der Waals surface area (Å²) in [7, 11) is 0. The molecule has 0 saturated carbocycles. The summed E-state index contributed by atoms with van der Waals surface area (Å²) < 4.78 is 5.06. The van der Waals surface area contributed by atoms with Crippen LogP contribution in [0.3, 0.4) is 0 Å². The van der Waals surface area contributed by atoms with Crippen molar-refractivity contribution in [3.8, 4) is 0 Å². The summed E-state index contributed by atoms with van der Waals surface area (Å²) in [6.07, 6.45) is 14.4. The lowest BCUT2D eigenvalue weighted by Crippen LogP contribution is -1.89. The third kappa shape index (κ3) is 16.9. The Morgan fingerprint density at radius 1 is 0.889 bits per heavy atom. The van der Waals surface area contributed by atoms with Gasteiger partial charge in [-0.2, -0.15) is 0 Å². The fourth-order valence-electron chi connectivity index (χ4n) is 1.95. The van der Waals surface area contributed by atoms with Crippen molar-refractivity contribution in [3.63, 3.8) is 0 Å². The number of unbranched alkanes of at least 4 members (excludes halogenated alkanes) is 10. The molecular formula is C13H29O2PS2. The highest BCUT2D eigenvalue weighted by Crippen LogP contribution is 2.47. The van der Waals surface area contributed by atoms with Crippen LogP contribution in [-0.4, -0.2) is 11.5 Å². The summed E-state index contributed by atoms with van der Waals surface area (Å²) in [6, 6.07) is 0. The molecule has 1 N–H and O–H groups in total. The first-order valence-electron chi connectivity index (χ1n) is 7.26. The van der Waals surface area contributed by atoms with E-state index in [9.17, 15) is 0 Å². The summed E-state index contributed by atoms with van der Waals surface area (Å²) in [5, 5.41) is 0. The lowest BCUT2D eigenvalue weighted by molar-refractivity contribution is 0.307. The van der Waals surface area contributed by atoms with Crippen LogP contribution in [0, 0.1) is 0 Å². The van der Waals surface area contributed by atoms with E-state index in [4.69, 9.17) is 9.42 Å². The normalized spacial score (nSPS) is 14.6. The molecule has 0 aromatic carbocycles. The molecule has 110 valence electrons. The number of hydrogen-bond acceptors (Lipinski definition) is 2. The molecule has 0 aliphatic carbocycles. The minimum Gasteiger partial charge on any atom is -0.338 e. The molecule has 0 fully saturated rings. The van der Waals surface area contributed by atoms with E-state index in [0.29, 0.717) is 6.61 Å². The number of rotatable bonds is 13. The van der Waals surface area contributed by atoms with Crippen molar-refractivity contribution in [3.05, 3.63) is 0 Å². The lowest BCUT2D eigenvalue weighted by atomic mass is 10.1. The van der Waals surface area contributed by atoms with E-state index in [1.165, 1.54) is 64.2 Å². The fourth-order valence-corrected chi connectivity index (χ4v) is 2.79. The van der Waals surface area contributed by atoms with E-state index < -0.39 is 5.69 Å². The van der Waals surface area contributed by atoms with E-state index in [0.717, 1.165) is 6.42 Å². The molecule has 0 bridgehead atoms. The first kappa shape index (κ1) is 18.9. The molecular weight excluding hydrogens is 283 g/mol. The van der Waals surface area contributed by atoms with Gasteiger partial charge in [0.15, 0.2) is 0 Å². The minimum absolute atomic E-state index is 0.550. The molecule has 0 rings (SSSR count). The van der Waals surface area contributed by atoms with Gasteiger partial charge < -0.3 is 9.42 Å². The second-order valence-electron chi connectivity index (χ2n) is 4.86. The van der Waals surface area contributed by atoms with Crippen LogP contribution < -0.4 is 0 Å². The smallest absolute Gasteiger partial charge is 0.241 e. The maximum atomic E-state index is 9.15. The molecule has 2 nitrogen and oxygen atoms in total.